The number of aryl methyl sites for hydroxylation is 1. The molecule has 1 heteroatoms. The predicted molar refractivity (Wildman–Crippen MR) is 55.7 cm³/mol. The van der Waals surface area contributed by atoms with E-state index in [1.165, 1.54) is 16.7 Å². The molecule has 1 aliphatic carbocycles. The summed E-state index contributed by atoms with van der Waals surface area (Å²) in [5, 5.41) is 7.71. The zero-order valence-corrected chi connectivity index (χ0v) is 8.22. The molecule has 0 aromatic heterocycles. The quantitative estimate of drug-likeness (QED) is 0.674. The van der Waals surface area contributed by atoms with Crippen LogP contribution >= 0.6 is 0 Å². The molecule has 68 valence electrons. The zero-order chi connectivity index (χ0) is 9.42. The summed E-state index contributed by atoms with van der Waals surface area (Å²) in [6, 6.07) is 6.53. The van der Waals surface area contributed by atoms with Crippen LogP contribution in [0.1, 0.15) is 42.9 Å². The number of benzene rings is 1. The highest BCUT2D eigenvalue weighted by Gasteiger charge is 2.16. The molecule has 1 aromatic rings. The monoisotopic (exact) mass is 173 g/mol. The first-order valence-electron chi connectivity index (χ1n) is 4.89. The van der Waals surface area contributed by atoms with E-state index < -0.39 is 0 Å². The average molecular weight is 173 g/mol. The minimum atomic E-state index is 0.597. The van der Waals surface area contributed by atoms with E-state index >= 15 is 0 Å². The predicted octanol–water partition coefficient (Wildman–Crippen LogP) is 3.12. The first-order valence-corrected chi connectivity index (χ1v) is 4.89. The highest BCUT2D eigenvalue weighted by Crippen LogP contribution is 2.25. The van der Waals surface area contributed by atoms with E-state index in [1.54, 1.807) is 0 Å². The molecule has 0 radical (unpaired) electrons. The molecule has 0 amide bonds. The smallest absolute Gasteiger partial charge is 0.0392 e. The number of fused-ring (bicyclic) bond motifs is 1. The van der Waals surface area contributed by atoms with E-state index in [9.17, 15) is 0 Å². The second-order valence-electron chi connectivity index (χ2n) is 4.05. The third-order valence-electron chi connectivity index (χ3n) is 2.77. The van der Waals surface area contributed by atoms with Crippen molar-refractivity contribution in [2.45, 2.75) is 32.6 Å². The van der Waals surface area contributed by atoms with Crippen molar-refractivity contribution in [3.8, 4) is 0 Å². The molecule has 1 nitrogen and oxygen atoms in total. The first kappa shape index (κ1) is 8.49. The second-order valence-corrected chi connectivity index (χ2v) is 4.05. The van der Waals surface area contributed by atoms with Crippen LogP contribution in [0.2, 0.25) is 0 Å². The molecule has 0 atom stereocenters. The standard InChI is InChI=1S/C12H15N/c1-8(2)9-3-5-11-10(7-9)4-6-12(11)13/h3,5,7-8,13H,4,6H2,1-2H3. The van der Waals surface area contributed by atoms with Gasteiger partial charge in [0.2, 0.25) is 0 Å². The fraction of sp³-hybridized carbons (Fsp3) is 0.417. The first-order chi connectivity index (χ1) is 6.18. The largest absolute Gasteiger partial charge is 0.305 e. The Morgan fingerprint density at radius 1 is 1.23 bits per heavy atom. The summed E-state index contributed by atoms with van der Waals surface area (Å²) in [7, 11) is 0. The molecule has 0 spiro atoms. The lowest BCUT2D eigenvalue weighted by Crippen LogP contribution is -1.93. The summed E-state index contributed by atoms with van der Waals surface area (Å²) in [5.74, 6) is 0.597. The van der Waals surface area contributed by atoms with Gasteiger partial charge in [0, 0.05) is 5.71 Å². The van der Waals surface area contributed by atoms with Gasteiger partial charge in [-0.1, -0.05) is 32.0 Å². The van der Waals surface area contributed by atoms with Crippen LogP contribution in [0.15, 0.2) is 18.2 Å². The van der Waals surface area contributed by atoms with Crippen LogP contribution in [-0.2, 0) is 6.42 Å². The van der Waals surface area contributed by atoms with Crippen molar-refractivity contribution < 1.29 is 0 Å². The van der Waals surface area contributed by atoms with Crippen molar-refractivity contribution in [3.05, 3.63) is 34.9 Å². The molecular formula is C12H15N. The van der Waals surface area contributed by atoms with Gasteiger partial charge in [-0.05, 0) is 35.4 Å². The van der Waals surface area contributed by atoms with Crippen LogP contribution in [0.4, 0.5) is 0 Å². The molecule has 0 bridgehead atoms. The normalized spacial score (nSPS) is 15.2. The van der Waals surface area contributed by atoms with Gasteiger partial charge >= 0.3 is 0 Å². The van der Waals surface area contributed by atoms with Gasteiger partial charge in [0.1, 0.15) is 0 Å². The minimum Gasteiger partial charge on any atom is -0.305 e. The third-order valence-corrected chi connectivity index (χ3v) is 2.77. The molecule has 0 saturated heterocycles. The zero-order valence-electron chi connectivity index (χ0n) is 8.22. The SMILES string of the molecule is CC(C)c1ccc2c(c1)CCC2=N. The maximum Gasteiger partial charge on any atom is 0.0392 e. The van der Waals surface area contributed by atoms with E-state index in [4.69, 9.17) is 5.41 Å². The molecule has 0 aliphatic heterocycles. The molecule has 0 heterocycles. The third kappa shape index (κ3) is 1.39. The van der Waals surface area contributed by atoms with Crippen molar-refractivity contribution in [2.75, 3.05) is 0 Å². The van der Waals surface area contributed by atoms with Gasteiger partial charge < -0.3 is 5.41 Å². The van der Waals surface area contributed by atoms with E-state index in [2.05, 4.69) is 32.0 Å². The summed E-state index contributed by atoms with van der Waals surface area (Å²) in [6.45, 7) is 4.42. The second kappa shape index (κ2) is 2.99. The number of rotatable bonds is 1. The molecule has 0 saturated carbocycles. The Labute approximate surface area is 79.3 Å². The Kier molecular flexibility index (Phi) is 1.95. The number of nitrogens with one attached hydrogen (secondary N) is 1. The molecule has 1 aromatic carbocycles. The Hall–Kier alpha value is -1.11. The van der Waals surface area contributed by atoms with Gasteiger partial charge in [-0.25, -0.2) is 0 Å². The van der Waals surface area contributed by atoms with Gasteiger partial charge in [-0.15, -0.1) is 0 Å². The number of hydrogen-bond donors (Lipinski definition) is 1. The summed E-state index contributed by atoms with van der Waals surface area (Å²) >= 11 is 0. The molecule has 1 N–H and O–H groups in total. The molecule has 13 heavy (non-hydrogen) atoms. The Bertz CT molecular complexity index is 350. The summed E-state index contributed by atoms with van der Waals surface area (Å²) in [4.78, 5) is 0. The fourth-order valence-electron chi connectivity index (χ4n) is 1.87. The van der Waals surface area contributed by atoms with Crippen molar-refractivity contribution >= 4 is 5.71 Å². The van der Waals surface area contributed by atoms with Crippen LogP contribution in [0, 0.1) is 5.41 Å². The van der Waals surface area contributed by atoms with Crippen LogP contribution < -0.4 is 0 Å². The van der Waals surface area contributed by atoms with Crippen LogP contribution in [0.5, 0.6) is 0 Å². The van der Waals surface area contributed by atoms with Crippen molar-refractivity contribution in [2.24, 2.45) is 0 Å². The van der Waals surface area contributed by atoms with Gasteiger partial charge in [-0.2, -0.15) is 0 Å². The number of hydrogen-bond acceptors (Lipinski definition) is 1. The maximum atomic E-state index is 7.71. The topological polar surface area (TPSA) is 23.9 Å². The van der Waals surface area contributed by atoms with Crippen molar-refractivity contribution in [1.82, 2.24) is 0 Å². The van der Waals surface area contributed by atoms with Crippen molar-refractivity contribution in [3.63, 3.8) is 0 Å². The molecule has 2 rings (SSSR count). The summed E-state index contributed by atoms with van der Waals surface area (Å²) in [6.07, 6.45) is 1.99. The van der Waals surface area contributed by atoms with E-state index in [0.29, 0.717) is 5.92 Å². The lowest BCUT2D eigenvalue weighted by molar-refractivity contribution is 0.863. The molecule has 0 fully saturated rings. The Morgan fingerprint density at radius 3 is 2.69 bits per heavy atom. The summed E-state index contributed by atoms with van der Waals surface area (Å²) in [5.41, 5.74) is 4.75. The Balaban J connectivity index is 2.45. The van der Waals surface area contributed by atoms with Gasteiger partial charge in [0.25, 0.3) is 0 Å². The van der Waals surface area contributed by atoms with Crippen LogP contribution in [-0.4, -0.2) is 5.71 Å². The Morgan fingerprint density at radius 2 is 2.00 bits per heavy atom. The van der Waals surface area contributed by atoms with Crippen LogP contribution in [0.3, 0.4) is 0 Å². The molecule has 0 unspecified atom stereocenters. The summed E-state index contributed by atoms with van der Waals surface area (Å²) < 4.78 is 0. The fourth-order valence-corrected chi connectivity index (χ4v) is 1.87. The minimum absolute atomic E-state index is 0.597. The lowest BCUT2D eigenvalue weighted by Gasteiger charge is -2.07. The van der Waals surface area contributed by atoms with E-state index in [1.807, 2.05) is 0 Å². The molecular weight excluding hydrogens is 158 g/mol. The highest BCUT2D eigenvalue weighted by atomic mass is 14.4. The van der Waals surface area contributed by atoms with Gasteiger partial charge in [-0.3, -0.25) is 0 Å². The maximum absolute atomic E-state index is 7.71. The average Bonchev–Trinajstić information content (AvgIpc) is 2.47. The molecule has 1 aliphatic rings. The highest BCUT2D eigenvalue weighted by molar-refractivity contribution is 6.02. The van der Waals surface area contributed by atoms with Crippen LogP contribution in [0.25, 0.3) is 0 Å². The van der Waals surface area contributed by atoms with Crippen molar-refractivity contribution in [1.29, 1.82) is 5.41 Å². The van der Waals surface area contributed by atoms with E-state index in [0.717, 1.165) is 18.6 Å². The lowest BCUT2D eigenvalue weighted by atomic mass is 9.98. The van der Waals surface area contributed by atoms with Gasteiger partial charge in [0.15, 0.2) is 0 Å². The van der Waals surface area contributed by atoms with E-state index in [-0.39, 0.29) is 0 Å². The van der Waals surface area contributed by atoms with Gasteiger partial charge in [0.05, 0.1) is 0 Å².